The molecule has 3 aliphatic carbocycles. The van der Waals surface area contributed by atoms with Crippen LogP contribution in [0.5, 0.6) is 0 Å². The quantitative estimate of drug-likeness (QED) is 0.608. The standard InChI is InChI=1S/C23H40BNO5/c1-14(2)9-16(12-17(26)13-25-20(27)28-21(3,4)5)24-29-19-11-15-10-18(22(15,6)7)23(19,8)30-24/h14-16,18-19H,9-13H2,1-8H3,(H,25,27)/t15-,16+,18?,19+,23-/m0/s1. The molecule has 1 unspecified atom stereocenters. The summed E-state index contributed by atoms with van der Waals surface area (Å²) in [5.41, 5.74) is -0.556. The van der Waals surface area contributed by atoms with Gasteiger partial charge >= 0.3 is 13.2 Å². The van der Waals surface area contributed by atoms with Crippen molar-refractivity contribution in [3.05, 3.63) is 0 Å². The minimum Gasteiger partial charge on any atom is -0.444 e. The molecular weight excluding hydrogens is 381 g/mol. The Morgan fingerprint density at radius 2 is 1.87 bits per heavy atom. The topological polar surface area (TPSA) is 73.9 Å². The van der Waals surface area contributed by atoms with Crippen molar-refractivity contribution >= 4 is 19.0 Å². The van der Waals surface area contributed by atoms with Gasteiger partial charge in [-0.15, -0.1) is 0 Å². The monoisotopic (exact) mass is 421 g/mol. The third-order valence-corrected chi connectivity index (χ3v) is 7.45. The minimum atomic E-state index is -0.584. The first-order chi connectivity index (χ1) is 13.7. The number of nitrogens with one attached hydrogen (secondary N) is 1. The van der Waals surface area contributed by atoms with Gasteiger partial charge in [-0.3, -0.25) is 4.79 Å². The molecule has 0 aromatic rings. The molecule has 0 radical (unpaired) electrons. The van der Waals surface area contributed by atoms with E-state index in [2.05, 4.69) is 39.9 Å². The smallest absolute Gasteiger partial charge is 0.444 e. The molecule has 1 saturated heterocycles. The maximum atomic E-state index is 12.7. The van der Waals surface area contributed by atoms with Crippen LogP contribution >= 0.6 is 0 Å². The highest BCUT2D eigenvalue weighted by atomic mass is 16.7. The van der Waals surface area contributed by atoms with E-state index in [9.17, 15) is 9.59 Å². The Bertz CT molecular complexity index is 673. The SMILES string of the molecule is CC(C)C[C@H](CC(=O)CNC(=O)OC(C)(C)C)B1O[C@@H]2C[C@@H]3CC(C3(C)C)[C@]2(C)O1. The van der Waals surface area contributed by atoms with E-state index >= 15 is 0 Å². The molecule has 5 atom stereocenters. The van der Waals surface area contributed by atoms with Gasteiger partial charge < -0.3 is 19.4 Å². The molecule has 4 aliphatic rings. The number of Topliss-reactive ketones (excluding diaryl/α,β-unsaturated/α-hetero) is 1. The van der Waals surface area contributed by atoms with Crippen molar-refractivity contribution in [3.8, 4) is 0 Å². The summed E-state index contributed by atoms with van der Waals surface area (Å²) in [6, 6.07) is 0. The van der Waals surface area contributed by atoms with E-state index in [0.717, 1.165) is 12.8 Å². The van der Waals surface area contributed by atoms with Crippen LogP contribution in [0.4, 0.5) is 4.79 Å². The van der Waals surface area contributed by atoms with Gasteiger partial charge in [-0.05, 0) is 70.1 Å². The molecule has 2 bridgehead atoms. The number of carbonyl (C=O) groups excluding carboxylic acids is 2. The predicted molar refractivity (Wildman–Crippen MR) is 117 cm³/mol. The summed E-state index contributed by atoms with van der Waals surface area (Å²) in [4.78, 5) is 24.5. The Hall–Kier alpha value is -1.08. The third-order valence-electron chi connectivity index (χ3n) is 7.45. The van der Waals surface area contributed by atoms with Crippen LogP contribution in [0.1, 0.15) is 81.1 Å². The molecule has 1 N–H and O–H groups in total. The summed E-state index contributed by atoms with van der Waals surface area (Å²) >= 11 is 0. The van der Waals surface area contributed by atoms with Gasteiger partial charge in [-0.2, -0.15) is 0 Å². The molecule has 7 heteroatoms. The largest absolute Gasteiger partial charge is 0.461 e. The zero-order chi connectivity index (χ0) is 22.5. The van der Waals surface area contributed by atoms with E-state index in [0.29, 0.717) is 29.6 Å². The second-order valence-electron chi connectivity index (χ2n) is 11.8. The number of amides is 1. The van der Waals surface area contributed by atoms with Crippen LogP contribution in [-0.4, -0.2) is 42.8 Å². The maximum absolute atomic E-state index is 12.7. The van der Waals surface area contributed by atoms with Crippen molar-refractivity contribution in [2.45, 2.75) is 104 Å². The Labute approximate surface area is 182 Å². The molecule has 1 amide bonds. The molecule has 1 heterocycles. The Morgan fingerprint density at radius 1 is 1.20 bits per heavy atom. The molecule has 4 fully saturated rings. The molecule has 170 valence electrons. The zero-order valence-electron chi connectivity index (χ0n) is 20.0. The molecule has 1 aliphatic heterocycles. The van der Waals surface area contributed by atoms with Gasteiger partial charge in [-0.25, -0.2) is 4.79 Å². The zero-order valence-corrected chi connectivity index (χ0v) is 20.0. The van der Waals surface area contributed by atoms with Crippen LogP contribution in [0.15, 0.2) is 0 Å². The van der Waals surface area contributed by atoms with E-state index in [1.807, 2.05) is 0 Å². The number of hydrogen-bond donors (Lipinski definition) is 1. The van der Waals surface area contributed by atoms with Crippen molar-refractivity contribution in [2.75, 3.05) is 6.54 Å². The summed E-state index contributed by atoms with van der Waals surface area (Å²) in [6.07, 6.45) is 2.99. The van der Waals surface area contributed by atoms with Crippen LogP contribution in [0.2, 0.25) is 5.82 Å². The summed E-state index contributed by atoms with van der Waals surface area (Å²) in [5, 5.41) is 2.58. The molecule has 0 aromatic heterocycles. The Kier molecular flexibility index (Phi) is 6.39. The second-order valence-corrected chi connectivity index (χ2v) is 11.8. The fourth-order valence-corrected chi connectivity index (χ4v) is 5.85. The highest BCUT2D eigenvalue weighted by Gasteiger charge is 2.68. The van der Waals surface area contributed by atoms with Gasteiger partial charge in [0.25, 0.3) is 0 Å². The highest BCUT2D eigenvalue weighted by molar-refractivity contribution is 6.47. The van der Waals surface area contributed by atoms with E-state index in [-0.39, 0.29) is 37.0 Å². The fourth-order valence-electron chi connectivity index (χ4n) is 5.85. The maximum Gasteiger partial charge on any atom is 0.461 e. The first-order valence-corrected chi connectivity index (χ1v) is 11.5. The van der Waals surface area contributed by atoms with Gasteiger partial charge in [0.05, 0.1) is 18.2 Å². The fraction of sp³-hybridized carbons (Fsp3) is 0.913. The number of ketones is 1. The van der Waals surface area contributed by atoms with Crippen LogP contribution < -0.4 is 5.32 Å². The van der Waals surface area contributed by atoms with Crippen molar-refractivity contribution in [3.63, 3.8) is 0 Å². The highest BCUT2D eigenvalue weighted by Crippen LogP contribution is 2.66. The summed E-state index contributed by atoms with van der Waals surface area (Å²) < 4.78 is 18.3. The van der Waals surface area contributed by atoms with Crippen LogP contribution in [0.25, 0.3) is 0 Å². The molecule has 6 nitrogen and oxygen atoms in total. The van der Waals surface area contributed by atoms with Gasteiger partial charge in [0.2, 0.25) is 0 Å². The van der Waals surface area contributed by atoms with Gasteiger partial charge in [0, 0.05) is 12.2 Å². The van der Waals surface area contributed by atoms with Gasteiger partial charge in [0.15, 0.2) is 5.78 Å². The number of carbonyl (C=O) groups is 2. The molecule has 0 aromatic carbocycles. The van der Waals surface area contributed by atoms with Crippen molar-refractivity contribution in [1.82, 2.24) is 5.32 Å². The summed E-state index contributed by atoms with van der Waals surface area (Å²) in [6.45, 7) is 16.6. The van der Waals surface area contributed by atoms with E-state index in [1.165, 1.54) is 6.42 Å². The molecular formula is C23H40BNO5. The lowest BCUT2D eigenvalue weighted by molar-refractivity contribution is -0.199. The lowest BCUT2D eigenvalue weighted by Crippen LogP contribution is -2.65. The van der Waals surface area contributed by atoms with Crippen LogP contribution in [0.3, 0.4) is 0 Å². The molecule has 3 saturated carbocycles. The number of rotatable bonds is 7. The van der Waals surface area contributed by atoms with E-state index in [1.54, 1.807) is 20.8 Å². The average molecular weight is 421 g/mol. The second kappa shape index (κ2) is 8.12. The summed E-state index contributed by atoms with van der Waals surface area (Å²) in [5.74, 6) is 1.59. The number of alkyl carbamates (subject to hydrolysis) is 1. The molecule has 30 heavy (non-hydrogen) atoms. The predicted octanol–water partition coefficient (Wildman–Crippen LogP) is 4.61. The van der Waals surface area contributed by atoms with Crippen molar-refractivity contribution in [1.29, 1.82) is 0 Å². The Balaban J connectivity index is 1.60. The van der Waals surface area contributed by atoms with Crippen molar-refractivity contribution in [2.24, 2.45) is 23.2 Å². The van der Waals surface area contributed by atoms with Gasteiger partial charge in [0.1, 0.15) is 5.60 Å². The van der Waals surface area contributed by atoms with Crippen LogP contribution in [-0.2, 0) is 18.8 Å². The van der Waals surface area contributed by atoms with Crippen LogP contribution in [0, 0.1) is 23.2 Å². The lowest BCUT2D eigenvalue weighted by Gasteiger charge is -2.64. The molecule has 0 spiro atoms. The Morgan fingerprint density at radius 3 is 2.43 bits per heavy atom. The molecule has 4 rings (SSSR count). The van der Waals surface area contributed by atoms with Gasteiger partial charge in [-0.1, -0.05) is 27.7 Å². The first kappa shape index (κ1) is 23.6. The summed E-state index contributed by atoms with van der Waals surface area (Å²) in [7, 11) is -0.358. The normalized spacial score (nSPS) is 33.0. The minimum absolute atomic E-state index is 0.0133. The number of ether oxygens (including phenoxy) is 1. The third kappa shape index (κ3) is 4.72. The van der Waals surface area contributed by atoms with E-state index < -0.39 is 11.7 Å². The van der Waals surface area contributed by atoms with E-state index in [4.69, 9.17) is 14.0 Å². The number of hydrogen-bond acceptors (Lipinski definition) is 5. The average Bonchev–Trinajstić information content (AvgIpc) is 2.94. The first-order valence-electron chi connectivity index (χ1n) is 11.5. The lowest BCUT2D eigenvalue weighted by atomic mass is 9.43. The van der Waals surface area contributed by atoms with Crippen molar-refractivity contribution < 1.29 is 23.6 Å².